The van der Waals surface area contributed by atoms with Gasteiger partial charge in [-0.15, -0.1) is 11.3 Å². The van der Waals surface area contributed by atoms with Crippen LogP contribution >= 0.6 is 11.3 Å². The molecule has 0 aliphatic rings. The number of H-pyrrole nitrogens is 1. The maximum absolute atomic E-state index is 11.4. The number of nitriles is 1. The summed E-state index contributed by atoms with van der Waals surface area (Å²) < 4.78 is 0. The molecule has 0 spiro atoms. The maximum atomic E-state index is 11.4. The summed E-state index contributed by atoms with van der Waals surface area (Å²) in [5.41, 5.74) is 2.60. The monoisotopic (exact) mass is 469 g/mol. The number of nitrogens with zero attached hydrogens (tertiary/aromatic N) is 5. The number of benzene rings is 1. The molecule has 0 bridgehead atoms. The summed E-state index contributed by atoms with van der Waals surface area (Å²) in [6.45, 7) is 1.59. The lowest BCUT2D eigenvalue weighted by Crippen LogP contribution is -2.14. The molecule has 2 unspecified atom stereocenters. The first-order chi connectivity index (χ1) is 16.5. The largest absolute Gasteiger partial charge is 0.382 e. The van der Waals surface area contributed by atoms with Crippen molar-refractivity contribution < 1.29 is 10.2 Å². The predicted octanol–water partition coefficient (Wildman–Crippen LogP) is 3.85. The van der Waals surface area contributed by atoms with Gasteiger partial charge >= 0.3 is 0 Å². The lowest BCUT2D eigenvalue weighted by molar-refractivity contribution is 0.216. The molecule has 5 rings (SSSR count). The standard InChI is InChI=1S/C24H19N7O2S/c1-13(32)29-19-10-15(8-9-26-19)22-16(11-25)20(23(34-22)24-27-12-28-31-24)21(33)18-7-6-14-4-2-3-5-17(14)30-18/h2-10,12-13,21,32-33H,1H3,(H,26,29)(H,27,28,31). The molecule has 0 saturated heterocycles. The van der Waals surface area contributed by atoms with E-state index in [-0.39, 0.29) is 0 Å². The molecule has 10 heteroatoms. The second-order valence-corrected chi connectivity index (χ2v) is 8.60. The van der Waals surface area contributed by atoms with Crippen molar-refractivity contribution in [1.82, 2.24) is 25.1 Å². The molecule has 0 amide bonds. The van der Waals surface area contributed by atoms with Gasteiger partial charge in [0.1, 0.15) is 30.5 Å². The lowest BCUT2D eigenvalue weighted by Gasteiger charge is -2.13. The summed E-state index contributed by atoms with van der Waals surface area (Å²) >= 11 is 1.31. The van der Waals surface area contributed by atoms with E-state index < -0.39 is 12.3 Å². The van der Waals surface area contributed by atoms with Crippen LogP contribution in [0.5, 0.6) is 0 Å². The van der Waals surface area contributed by atoms with E-state index in [1.165, 1.54) is 17.7 Å². The van der Waals surface area contributed by atoms with Crippen molar-refractivity contribution in [1.29, 1.82) is 5.26 Å². The Morgan fingerprint density at radius 1 is 1.09 bits per heavy atom. The van der Waals surface area contributed by atoms with Gasteiger partial charge in [-0.25, -0.2) is 15.0 Å². The molecule has 2 atom stereocenters. The van der Waals surface area contributed by atoms with Gasteiger partial charge in [-0.1, -0.05) is 24.3 Å². The summed E-state index contributed by atoms with van der Waals surface area (Å²) in [7, 11) is 0. The zero-order valence-corrected chi connectivity index (χ0v) is 18.8. The number of pyridine rings is 2. The number of anilines is 1. The predicted molar refractivity (Wildman–Crippen MR) is 129 cm³/mol. The minimum absolute atomic E-state index is 0.313. The first-order valence-electron chi connectivity index (χ1n) is 10.4. The number of aromatic nitrogens is 5. The summed E-state index contributed by atoms with van der Waals surface area (Å²) in [4.78, 5) is 14.3. The Hall–Kier alpha value is -4.17. The van der Waals surface area contributed by atoms with Crippen LogP contribution in [0.4, 0.5) is 5.82 Å². The summed E-state index contributed by atoms with van der Waals surface area (Å²) in [5.74, 6) is 0.906. The fraction of sp³-hybridized carbons (Fsp3) is 0.125. The topological polar surface area (TPSA) is 144 Å². The Labute approximate surface area is 198 Å². The third-order valence-electron chi connectivity index (χ3n) is 5.24. The normalized spacial score (nSPS) is 12.9. The second-order valence-electron chi connectivity index (χ2n) is 7.58. The van der Waals surface area contributed by atoms with E-state index in [4.69, 9.17) is 0 Å². The molecule has 4 heterocycles. The minimum atomic E-state index is -1.17. The van der Waals surface area contributed by atoms with Gasteiger partial charge in [0.15, 0.2) is 5.82 Å². The molecule has 0 aliphatic carbocycles. The number of rotatable bonds is 6. The van der Waals surface area contributed by atoms with E-state index in [0.717, 1.165) is 10.9 Å². The molecular weight excluding hydrogens is 450 g/mol. The van der Waals surface area contributed by atoms with Crippen LogP contribution in [0.1, 0.15) is 29.8 Å². The Morgan fingerprint density at radius 2 is 1.94 bits per heavy atom. The van der Waals surface area contributed by atoms with E-state index in [1.807, 2.05) is 30.3 Å². The van der Waals surface area contributed by atoms with Gasteiger partial charge < -0.3 is 15.5 Å². The third kappa shape index (κ3) is 3.99. The number of thiophene rings is 1. The summed E-state index contributed by atoms with van der Waals surface area (Å²) in [6, 6.07) is 17.1. The van der Waals surface area contributed by atoms with Crippen LogP contribution in [0, 0.1) is 11.3 Å². The zero-order chi connectivity index (χ0) is 23.7. The lowest BCUT2D eigenvalue weighted by atomic mass is 9.98. The van der Waals surface area contributed by atoms with Gasteiger partial charge in [-0.2, -0.15) is 10.4 Å². The smallest absolute Gasteiger partial charge is 0.165 e. The van der Waals surface area contributed by atoms with E-state index in [1.54, 1.807) is 31.3 Å². The number of hydrogen-bond donors (Lipinski definition) is 4. The third-order valence-corrected chi connectivity index (χ3v) is 6.50. The molecule has 0 fully saturated rings. The van der Waals surface area contributed by atoms with Crippen LogP contribution in [0.3, 0.4) is 0 Å². The highest BCUT2D eigenvalue weighted by molar-refractivity contribution is 7.19. The molecule has 9 nitrogen and oxygen atoms in total. The van der Waals surface area contributed by atoms with Gasteiger partial charge in [0.25, 0.3) is 0 Å². The second kappa shape index (κ2) is 8.99. The van der Waals surface area contributed by atoms with Crippen molar-refractivity contribution in [3.63, 3.8) is 0 Å². The number of para-hydroxylation sites is 1. The van der Waals surface area contributed by atoms with Gasteiger partial charge in [0.2, 0.25) is 0 Å². The average Bonchev–Trinajstić information content (AvgIpc) is 3.51. The Balaban J connectivity index is 1.68. The fourth-order valence-corrected chi connectivity index (χ4v) is 4.98. The summed E-state index contributed by atoms with van der Waals surface area (Å²) in [6.07, 6.45) is 1.02. The average molecular weight is 470 g/mol. The molecule has 0 radical (unpaired) electrons. The van der Waals surface area contributed by atoms with Crippen molar-refractivity contribution >= 4 is 28.1 Å². The molecule has 1 aromatic carbocycles. The van der Waals surface area contributed by atoms with Crippen LogP contribution < -0.4 is 5.32 Å². The number of aliphatic hydroxyl groups is 2. The quantitative estimate of drug-likeness (QED) is 0.275. The van der Waals surface area contributed by atoms with E-state index in [9.17, 15) is 15.5 Å². The van der Waals surface area contributed by atoms with Crippen LogP contribution in [0.2, 0.25) is 0 Å². The van der Waals surface area contributed by atoms with Gasteiger partial charge in [0, 0.05) is 17.1 Å². The molecule has 4 N–H and O–H groups in total. The van der Waals surface area contributed by atoms with Crippen LogP contribution in [-0.2, 0) is 0 Å². The van der Waals surface area contributed by atoms with Crippen LogP contribution in [-0.4, -0.2) is 41.6 Å². The van der Waals surface area contributed by atoms with Crippen molar-refractivity contribution in [2.45, 2.75) is 19.3 Å². The highest BCUT2D eigenvalue weighted by Gasteiger charge is 2.29. The Kier molecular flexibility index (Phi) is 5.73. The molecule has 5 aromatic rings. The zero-order valence-electron chi connectivity index (χ0n) is 18.0. The molecular formula is C24H19N7O2S. The number of aliphatic hydroxyl groups excluding tert-OH is 2. The number of nitrogens with one attached hydrogen (secondary N) is 2. The van der Waals surface area contributed by atoms with Gasteiger partial charge in [-0.3, -0.25) is 5.10 Å². The first kappa shape index (κ1) is 21.7. The van der Waals surface area contributed by atoms with Crippen molar-refractivity contribution in [3.05, 3.63) is 77.9 Å². The minimum Gasteiger partial charge on any atom is -0.382 e. The van der Waals surface area contributed by atoms with Gasteiger partial charge in [-0.05, 0) is 36.8 Å². The Morgan fingerprint density at radius 3 is 2.71 bits per heavy atom. The highest BCUT2D eigenvalue weighted by Crippen LogP contribution is 2.45. The fourth-order valence-electron chi connectivity index (χ4n) is 3.76. The molecule has 4 aromatic heterocycles. The van der Waals surface area contributed by atoms with Crippen LogP contribution in [0.25, 0.3) is 32.0 Å². The first-order valence-corrected chi connectivity index (χ1v) is 11.2. The number of aromatic amines is 1. The molecule has 34 heavy (non-hydrogen) atoms. The molecule has 168 valence electrons. The van der Waals surface area contributed by atoms with E-state index in [2.05, 4.69) is 36.5 Å². The molecule has 0 saturated carbocycles. The van der Waals surface area contributed by atoms with E-state index in [0.29, 0.717) is 43.8 Å². The van der Waals surface area contributed by atoms with Gasteiger partial charge in [0.05, 0.1) is 26.5 Å². The summed E-state index contributed by atoms with van der Waals surface area (Å²) in [5, 5.41) is 41.8. The van der Waals surface area contributed by atoms with E-state index >= 15 is 0 Å². The SMILES string of the molecule is CC(O)Nc1cc(-c2sc(-c3ncn[nH]3)c(C(O)c3ccc4ccccc4n3)c2C#N)ccn1. The highest BCUT2D eigenvalue weighted by atomic mass is 32.1. The Bertz CT molecular complexity index is 1510. The number of fused-ring (bicyclic) bond motifs is 1. The van der Waals surface area contributed by atoms with Crippen molar-refractivity contribution in [2.24, 2.45) is 0 Å². The van der Waals surface area contributed by atoms with Crippen molar-refractivity contribution in [2.75, 3.05) is 5.32 Å². The maximum Gasteiger partial charge on any atom is 0.165 e. The molecule has 0 aliphatic heterocycles. The van der Waals surface area contributed by atoms with Crippen LogP contribution in [0.15, 0.2) is 61.1 Å². The van der Waals surface area contributed by atoms with Crippen molar-refractivity contribution in [3.8, 4) is 27.2 Å². The number of hydrogen-bond acceptors (Lipinski definition) is 9.